The molecule has 0 spiro atoms. The Bertz CT molecular complexity index is 281. The van der Waals surface area contributed by atoms with Crippen molar-refractivity contribution in [1.29, 1.82) is 0 Å². The Morgan fingerprint density at radius 3 is 0.967 bits per heavy atom. The molecule has 4 heteroatoms. The number of nitrogens with zero attached hydrogens (tertiary/aromatic N) is 2. The van der Waals surface area contributed by atoms with E-state index >= 15 is 0 Å². The van der Waals surface area contributed by atoms with Gasteiger partial charge in [-0.1, -0.05) is 78.1 Å². The fraction of sp³-hybridized carbons (Fsp3) is 1.00. The Kier molecular flexibility index (Phi) is 25.0. The summed E-state index contributed by atoms with van der Waals surface area (Å²) < 4.78 is 0. The van der Waals surface area contributed by atoms with E-state index in [1.165, 1.54) is 129 Å². The molecule has 4 nitrogen and oxygen atoms in total. The van der Waals surface area contributed by atoms with Gasteiger partial charge >= 0.3 is 0 Å². The van der Waals surface area contributed by atoms with E-state index in [1.54, 1.807) is 0 Å². The van der Waals surface area contributed by atoms with Gasteiger partial charge in [-0.2, -0.15) is 0 Å². The van der Waals surface area contributed by atoms with Crippen LogP contribution in [0.1, 0.15) is 117 Å². The van der Waals surface area contributed by atoms with E-state index < -0.39 is 0 Å². The van der Waals surface area contributed by atoms with Crippen molar-refractivity contribution in [1.82, 2.24) is 9.80 Å². The first-order chi connectivity index (χ1) is 14.8. The molecule has 0 rings (SSSR count). The molecule has 0 bridgehead atoms. The molecular formula is C26H58N4. The van der Waals surface area contributed by atoms with Gasteiger partial charge < -0.3 is 21.3 Å². The molecule has 0 saturated carbocycles. The van der Waals surface area contributed by atoms with Gasteiger partial charge in [-0.15, -0.1) is 0 Å². The normalized spacial score (nSPS) is 11.8. The van der Waals surface area contributed by atoms with E-state index in [0.717, 1.165) is 25.9 Å². The van der Waals surface area contributed by atoms with Crippen molar-refractivity contribution in [2.24, 2.45) is 11.5 Å². The highest BCUT2D eigenvalue weighted by Gasteiger charge is 2.07. The molecule has 30 heavy (non-hydrogen) atoms. The van der Waals surface area contributed by atoms with Gasteiger partial charge in [-0.25, -0.2) is 0 Å². The molecule has 0 aliphatic rings. The molecule has 0 aromatic carbocycles. The van der Waals surface area contributed by atoms with Crippen LogP contribution in [0.2, 0.25) is 0 Å². The van der Waals surface area contributed by atoms with Gasteiger partial charge in [0.1, 0.15) is 0 Å². The Morgan fingerprint density at radius 1 is 0.367 bits per heavy atom. The van der Waals surface area contributed by atoms with Crippen LogP contribution in [0, 0.1) is 0 Å². The topological polar surface area (TPSA) is 58.5 Å². The molecule has 4 N–H and O–H groups in total. The minimum Gasteiger partial charge on any atom is -0.330 e. The standard InChI is InChI=1S/C26H58N4/c1-3-5-7-9-11-13-21-29(25-17-19-27)23-15-16-24-30(26-18-20-28)22-14-12-10-8-6-4-2/h3-28H2,1-2H3. The van der Waals surface area contributed by atoms with Gasteiger partial charge in [0.25, 0.3) is 0 Å². The first-order valence-electron chi connectivity index (χ1n) is 13.6. The van der Waals surface area contributed by atoms with Crippen LogP contribution in [0.25, 0.3) is 0 Å². The highest BCUT2D eigenvalue weighted by Crippen LogP contribution is 2.09. The predicted octanol–water partition coefficient (Wildman–Crippen LogP) is 5.79. The Morgan fingerprint density at radius 2 is 0.633 bits per heavy atom. The Labute approximate surface area is 190 Å². The zero-order chi connectivity index (χ0) is 22.1. The summed E-state index contributed by atoms with van der Waals surface area (Å²) in [6.07, 6.45) is 21.5. The van der Waals surface area contributed by atoms with Crippen LogP contribution < -0.4 is 11.5 Å². The summed E-state index contributed by atoms with van der Waals surface area (Å²) in [5, 5.41) is 0. The molecule has 0 atom stereocenters. The second-order valence-corrected chi connectivity index (χ2v) is 9.21. The smallest absolute Gasteiger partial charge is 0.000672 e. The predicted molar refractivity (Wildman–Crippen MR) is 136 cm³/mol. The molecule has 182 valence electrons. The molecule has 0 amide bonds. The maximum atomic E-state index is 5.77. The first kappa shape index (κ1) is 29.8. The van der Waals surface area contributed by atoms with Crippen molar-refractivity contribution in [3.05, 3.63) is 0 Å². The van der Waals surface area contributed by atoms with Gasteiger partial charge in [0.15, 0.2) is 0 Å². The van der Waals surface area contributed by atoms with E-state index in [4.69, 9.17) is 11.5 Å². The Hall–Kier alpha value is -0.160. The van der Waals surface area contributed by atoms with Crippen molar-refractivity contribution in [3.63, 3.8) is 0 Å². The Balaban J connectivity index is 4.00. The van der Waals surface area contributed by atoms with E-state index in [-0.39, 0.29) is 0 Å². The zero-order valence-corrected chi connectivity index (χ0v) is 21.0. The van der Waals surface area contributed by atoms with Crippen LogP contribution in [0.5, 0.6) is 0 Å². The van der Waals surface area contributed by atoms with Crippen molar-refractivity contribution in [3.8, 4) is 0 Å². The van der Waals surface area contributed by atoms with Crippen LogP contribution in [0.3, 0.4) is 0 Å². The van der Waals surface area contributed by atoms with E-state index in [0.29, 0.717) is 0 Å². The molecule has 0 fully saturated rings. The van der Waals surface area contributed by atoms with Crippen LogP contribution in [0.15, 0.2) is 0 Å². The first-order valence-corrected chi connectivity index (χ1v) is 13.6. The minimum atomic E-state index is 0.818. The summed E-state index contributed by atoms with van der Waals surface area (Å²) in [7, 11) is 0. The minimum absolute atomic E-state index is 0.818. The lowest BCUT2D eigenvalue weighted by Gasteiger charge is -2.24. The third kappa shape index (κ3) is 21.1. The molecular weight excluding hydrogens is 368 g/mol. The average molecular weight is 427 g/mol. The lowest BCUT2D eigenvalue weighted by Crippen LogP contribution is -2.31. The van der Waals surface area contributed by atoms with Gasteiger partial charge in [0, 0.05) is 0 Å². The number of unbranched alkanes of at least 4 members (excludes halogenated alkanes) is 11. The van der Waals surface area contributed by atoms with Crippen LogP contribution in [-0.4, -0.2) is 62.2 Å². The van der Waals surface area contributed by atoms with E-state index in [2.05, 4.69) is 23.6 Å². The third-order valence-corrected chi connectivity index (χ3v) is 6.21. The van der Waals surface area contributed by atoms with E-state index in [9.17, 15) is 0 Å². The van der Waals surface area contributed by atoms with Crippen molar-refractivity contribution in [2.45, 2.75) is 117 Å². The van der Waals surface area contributed by atoms with Gasteiger partial charge in [-0.05, 0) is 90.9 Å². The van der Waals surface area contributed by atoms with Crippen LogP contribution in [-0.2, 0) is 0 Å². The summed E-state index contributed by atoms with van der Waals surface area (Å²) in [6, 6.07) is 0. The molecule has 0 heterocycles. The summed E-state index contributed by atoms with van der Waals surface area (Å²) in [6.45, 7) is 13.6. The second kappa shape index (κ2) is 25.1. The molecule has 0 radical (unpaired) electrons. The maximum Gasteiger partial charge on any atom is -0.000672 e. The molecule has 0 aromatic rings. The molecule has 0 saturated heterocycles. The van der Waals surface area contributed by atoms with E-state index in [1.807, 2.05) is 0 Å². The number of nitrogens with two attached hydrogens (primary N) is 2. The SMILES string of the molecule is CCCCCCCCN(CCCN)CCCCN(CCCN)CCCCCCCC. The van der Waals surface area contributed by atoms with Crippen LogP contribution >= 0.6 is 0 Å². The number of hydrogen-bond acceptors (Lipinski definition) is 4. The van der Waals surface area contributed by atoms with Crippen LogP contribution in [0.4, 0.5) is 0 Å². The zero-order valence-electron chi connectivity index (χ0n) is 21.0. The van der Waals surface area contributed by atoms with Gasteiger partial charge in [0.2, 0.25) is 0 Å². The van der Waals surface area contributed by atoms with Gasteiger partial charge in [-0.3, -0.25) is 0 Å². The fourth-order valence-electron chi connectivity index (χ4n) is 4.20. The highest BCUT2D eigenvalue weighted by atomic mass is 15.1. The van der Waals surface area contributed by atoms with Crippen molar-refractivity contribution < 1.29 is 0 Å². The summed E-state index contributed by atoms with van der Waals surface area (Å²) >= 11 is 0. The van der Waals surface area contributed by atoms with Gasteiger partial charge in [0.05, 0.1) is 0 Å². The summed E-state index contributed by atoms with van der Waals surface area (Å²) in [5.41, 5.74) is 11.5. The van der Waals surface area contributed by atoms with Crippen molar-refractivity contribution in [2.75, 3.05) is 52.4 Å². The summed E-state index contributed by atoms with van der Waals surface area (Å²) in [4.78, 5) is 5.34. The largest absolute Gasteiger partial charge is 0.330 e. The maximum absolute atomic E-state index is 5.77. The quantitative estimate of drug-likeness (QED) is 0.181. The monoisotopic (exact) mass is 426 g/mol. The fourth-order valence-corrected chi connectivity index (χ4v) is 4.20. The molecule has 0 aromatic heterocycles. The number of hydrogen-bond donors (Lipinski definition) is 2. The number of rotatable bonds is 25. The third-order valence-electron chi connectivity index (χ3n) is 6.21. The molecule has 0 aliphatic carbocycles. The average Bonchev–Trinajstić information content (AvgIpc) is 2.76. The second-order valence-electron chi connectivity index (χ2n) is 9.21. The molecule has 0 unspecified atom stereocenters. The lowest BCUT2D eigenvalue weighted by atomic mass is 10.1. The van der Waals surface area contributed by atoms with Crippen molar-refractivity contribution >= 4 is 0 Å². The molecule has 0 aliphatic heterocycles. The lowest BCUT2D eigenvalue weighted by molar-refractivity contribution is 0.233. The highest BCUT2D eigenvalue weighted by molar-refractivity contribution is 4.63. The summed E-state index contributed by atoms with van der Waals surface area (Å²) in [5.74, 6) is 0.